The largest absolute Gasteiger partial charge is 0.507 e. The van der Waals surface area contributed by atoms with Gasteiger partial charge in [0, 0.05) is 17.7 Å². The van der Waals surface area contributed by atoms with Crippen LogP contribution >= 0.6 is 0 Å². The second-order valence-corrected chi connectivity index (χ2v) is 6.58. The summed E-state index contributed by atoms with van der Waals surface area (Å²) in [6.07, 6.45) is 1.36. The van der Waals surface area contributed by atoms with Crippen LogP contribution in [0.5, 0.6) is 17.2 Å². The standard InChI is InChI=1S/C24H17NO5/c1-28-18-8-6-15(7-9-18)20-14-30-22-11-19(10-21(26)23(22)24(20)27)29-13-17-5-3-2-4-16(17)12-25/h2-11,14,26H,13H2,1H3. The molecule has 6 heteroatoms. The van der Waals surface area contributed by atoms with E-state index < -0.39 is 0 Å². The number of rotatable bonds is 5. The molecule has 0 aliphatic heterocycles. The average molecular weight is 399 g/mol. The van der Waals surface area contributed by atoms with E-state index in [1.807, 2.05) is 6.07 Å². The molecule has 0 aliphatic carbocycles. The summed E-state index contributed by atoms with van der Waals surface area (Å²) in [5.74, 6) is 0.764. The first-order valence-electron chi connectivity index (χ1n) is 9.14. The van der Waals surface area contributed by atoms with Gasteiger partial charge in [-0.3, -0.25) is 4.79 Å². The van der Waals surface area contributed by atoms with Gasteiger partial charge in [0.25, 0.3) is 0 Å². The molecule has 0 saturated heterocycles. The zero-order chi connectivity index (χ0) is 21.1. The highest BCUT2D eigenvalue weighted by Gasteiger charge is 2.15. The average Bonchev–Trinajstić information content (AvgIpc) is 2.78. The highest BCUT2D eigenvalue weighted by Crippen LogP contribution is 2.31. The second-order valence-electron chi connectivity index (χ2n) is 6.58. The summed E-state index contributed by atoms with van der Waals surface area (Å²) in [6, 6.07) is 19.1. The van der Waals surface area contributed by atoms with Crippen molar-refractivity contribution in [3.05, 3.63) is 88.3 Å². The molecule has 4 rings (SSSR count). The van der Waals surface area contributed by atoms with Gasteiger partial charge in [0.1, 0.15) is 41.1 Å². The molecule has 0 unspecified atom stereocenters. The van der Waals surface area contributed by atoms with Gasteiger partial charge in [-0.15, -0.1) is 0 Å². The molecule has 4 aromatic rings. The van der Waals surface area contributed by atoms with Crippen LogP contribution in [0, 0.1) is 11.3 Å². The van der Waals surface area contributed by atoms with Crippen LogP contribution in [0.4, 0.5) is 0 Å². The maximum absolute atomic E-state index is 13.0. The maximum Gasteiger partial charge on any atom is 0.204 e. The number of methoxy groups -OCH3 is 1. The van der Waals surface area contributed by atoms with Crippen molar-refractivity contribution in [3.63, 3.8) is 0 Å². The molecule has 0 bridgehead atoms. The van der Waals surface area contributed by atoms with E-state index in [-0.39, 0.29) is 28.8 Å². The van der Waals surface area contributed by atoms with Gasteiger partial charge in [-0.25, -0.2) is 0 Å². The second kappa shape index (κ2) is 8.02. The molecule has 1 aromatic heterocycles. The SMILES string of the molecule is COc1ccc(-c2coc3cc(OCc4ccccc4C#N)cc(O)c3c2=O)cc1. The van der Waals surface area contributed by atoms with Crippen LogP contribution in [0.15, 0.2) is 76.1 Å². The predicted molar refractivity (Wildman–Crippen MR) is 112 cm³/mol. The number of ether oxygens (including phenoxy) is 2. The van der Waals surface area contributed by atoms with Crippen molar-refractivity contribution >= 4 is 11.0 Å². The van der Waals surface area contributed by atoms with Gasteiger partial charge < -0.3 is 19.0 Å². The molecule has 0 amide bonds. The first-order valence-corrected chi connectivity index (χ1v) is 9.14. The van der Waals surface area contributed by atoms with Crippen LogP contribution in [-0.2, 0) is 6.61 Å². The Labute approximate surface area is 172 Å². The minimum absolute atomic E-state index is 0.0769. The Morgan fingerprint density at radius 2 is 1.83 bits per heavy atom. The molecule has 1 heterocycles. The lowest BCUT2D eigenvalue weighted by atomic mass is 10.0. The summed E-state index contributed by atoms with van der Waals surface area (Å²) < 4.78 is 16.5. The maximum atomic E-state index is 13.0. The van der Waals surface area contributed by atoms with E-state index in [2.05, 4.69) is 6.07 Å². The Morgan fingerprint density at radius 3 is 2.57 bits per heavy atom. The van der Waals surface area contributed by atoms with Crippen molar-refractivity contribution in [2.45, 2.75) is 6.61 Å². The van der Waals surface area contributed by atoms with Gasteiger partial charge in [0.05, 0.1) is 24.3 Å². The molecule has 0 aliphatic rings. The number of hydrogen-bond donors (Lipinski definition) is 1. The highest BCUT2D eigenvalue weighted by molar-refractivity contribution is 5.88. The van der Waals surface area contributed by atoms with Gasteiger partial charge in [0.2, 0.25) is 5.43 Å². The fourth-order valence-corrected chi connectivity index (χ4v) is 3.18. The fraction of sp³-hybridized carbons (Fsp3) is 0.0833. The highest BCUT2D eigenvalue weighted by atomic mass is 16.5. The number of fused-ring (bicyclic) bond motifs is 1. The number of aromatic hydroxyl groups is 1. The van der Waals surface area contributed by atoms with Crippen LogP contribution in [0.1, 0.15) is 11.1 Å². The summed E-state index contributed by atoms with van der Waals surface area (Å²) in [6.45, 7) is 0.142. The lowest BCUT2D eigenvalue weighted by Crippen LogP contribution is -2.05. The van der Waals surface area contributed by atoms with Crippen molar-refractivity contribution in [3.8, 4) is 34.4 Å². The third-order valence-electron chi connectivity index (χ3n) is 4.76. The van der Waals surface area contributed by atoms with Gasteiger partial charge in [-0.05, 0) is 23.8 Å². The van der Waals surface area contributed by atoms with Crippen molar-refractivity contribution < 1.29 is 19.0 Å². The molecule has 3 aromatic carbocycles. The van der Waals surface area contributed by atoms with E-state index >= 15 is 0 Å². The van der Waals surface area contributed by atoms with Crippen LogP contribution in [0.3, 0.4) is 0 Å². The van der Waals surface area contributed by atoms with E-state index in [0.717, 1.165) is 5.56 Å². The molecule has 0 saturated carbocycles. The van der Waals surface area contributed by atoms with Crippen LogP contribution in [0.25, 0.3) is 22.1 Å². The molecule has 0 spiro atoms. The third kappa shape index (κ3) is 3.56. The topological polar surface area (TPSA) is 92.7 Å². The Kier molecular flexibility index (Phi) is 5.10. The van der Waals surface area contributed by atoms with Gasteiger partial charge in [-0.1, -0.05) is 30.3 Å². The molecule has 0 atom stereocenters. The first kappa shape index (κ1) is 19.1. The van der Waals surface area contributed by atoms with E-state index in [9.17, 15) is 15.2 Å². The minimum Gasteiger partial charge on any atom is -0.507 e. The number of phenolic OH excluding ortho intramolecular Hbond substituents is 1. The number of hydrogen-bond acceptors (Lipinski definition) is 6. The van der Waals surface area contributed by atoms with E-state index in [0.29, 0.717) is 28.2 Å². The zero-order valence-corrected chi connectivity index (χ0v) is 16.1. The van der Waals surface area contributed by atoms with E-state index in [4.69, 9.17) is 13.9 Å². The quantitative estimate of drug-likeness (QED) is 0.526. The smallest absolute Gasteiger partial charge is 0.204 e. The summed E-state index contributed by atoms with van der Waals surface area (Å²) in [5.41, 5.74) is 2.08. The van der Waals surface area contributed by atoms with Crippen molar-refractivity contribution in [2.75, 3.05) is 7.11 Å². The summed E-state index contributed by atoms with van der Waals surface area (Å²) in [4.78, 5) is 13.0. The minimum atomic E-state index is -0.347. The number of benzene rings is 3. The summed E-state index contributed by atoms with van der Waals surface area (Å²) >= 11 is 0. The van der Waals surface area contributed by atoms with Crippen molar-refractivity contribution in [1.29, 1.82) is 5.26 Å². The Bertz CT molecular complexity index is 1320. The fourth-order valence-electron chi connectivity index (χ4n) is 3.18. The number of phenols is 1. The van der Waals surface area contributed by atoms with Gasteiger partial charge in [-0.2, -0.15) is 5.26 Å². The molecule has 0 fully saturated rings. The van der Waals surface area contributed by atoms with Crippen LogP contribution < -0.4 is 14.9 Å². The molecule has 6 nitrogen and oxygen atoms in total. The summed E-state index contributed by atoms with van der Waals surface area (Å²) in [5, 5.41) is 19.7. The lowest BCUT2D eigenvalue weighted by molar-refractivity contribution is 0.304. The number of nitriles is 1. The van der Waals surface area contributed by atoms with E-state index in [1.54, 1.807) is 55.6 Å². The van der Waals surface area contributed by atoms with Gasteiger partial charge >= 0.3 is 0 Å². The molecule has 0 radical (unpaired) electrons. The Morgan fingerprint density at radius 1 is 1.07 bits per heavy atom. The number of nitrogens with zero attached hydrogens (tertiary/aromatic N) is 1. The van der Waals surface area contributed by atoms with Crippen LogP contribution in [-0.4, -0.2) is 12.2 Å². The summed E-state index contributed by atoms with van der Waals surface area (Å²) in [7, 11) is 1.57. The molecule has 30 heavy (non-hydrogen) atoms. The third-order valence-corrected chi connectivity index (χ3v) is 4.76. The normalized spacial score (nSPS) is 10.5. The molecule has 1 N–H and O–H groups in total. The Balaban J connectivity index is 1.68. The van der Waals surface area contributed by atoms with Gasteiger partial charge in [0.15, 0.2) is 0 Å². The monoisotopic (exact) mass is 399 g/mol. The van der Waals surface area contributed by atoms with Crippen LogP contribution in [0.2, 0.25) is 0 Å². The van der Waals surface area contributed by atoms with Crippen molar-refractivity contribution in [1.82, 2.24) is 0 Å². The molecule has 148 valence electrons. The predicted octanol–water partition coefficient (Wildman–Crippen LogP) is 4.62. The van der Waals surface area contributed by atoms with E-state index in [1.165, 1.54) is 12.3 Å². The lowest BCUT2D eigenvalue weighted by Gasteiger charge is -2.10. The zero-order valence-electron chi connectivity index (χ0n) is 16.1. The molecular weight excluding hydrogens is 382 g/mol. The molecular formula is C24H17NO5. The van der Waals surface area contributed by atoms with Crippen molar-refractivity contribution in [2.24, 2.45) is 0 Å². The Hall–Kier alpha value is -4.24. The first-order chi connectivity index (χ1) is 14.6.